The van der Waals surface area contributed by atoms with Gasteiger partial charge in [-0.15, -0.1) is 0 Å². The van der Waals surface area contributed by atoms with Crippen LogP contribution < -0.4 is 0 Å². The Hall–Kier alpha value is -2.34. The maximum absolute atomic E-state index is 12.2. The summed E-state index contributed by atoms with van der Waals surface area (Å²) in [5, 5.41) is -0.452. The van der Waals surface area contributed by atoms with Crippen LogP contribution >= 0.6 is 11.8 Å². The highest BCUT2D eigenvalue weighted by molar-refractivity contribution is 8.18. The Kier molecular flexibility index (Phi) is 6.81. The van der Waals surface area contributed by atoms with Gasteiger partial charge in [-0.05, 0) is 29.8 Å². The van der Waals surface area contributed by atoms with Crippen molar-refractivity contribution in [3.8, 4) is 0 Å². The predicted octanol–water partition coefficient (Wildman–Crippen LogP) is 3.62. The second-order valence-electron chi connectivity index (χ2n) is 5.13. The van der Waals surface area contributed by atoms with Crippen molar-refractivity contribution >= 4 is 35.0 Å². The van der Waals surface area contributed by atoms with Crippen LogP contribution in [0.2, 0.25) is 0 Å². The van der Waals surface area contributed by atoms with Crippen molar-refractivity contribution in [2.75, 3.05) is 13.2 Å². The van der Waals surface area contributed by atoms with Gasteiger partial charge in [0.2, 0.25) is 0 Å². The topological polar surface area (TPSA) is 63.7 Å². The van der Waals surface area contributed by atoms with Crippen LogP contribution in [0.15, 0.2) is 47.4 Å². The number of nitrogens with zero attached hydrogens (tertiary/aromatic N) is 1. The third-order valence-electron chi connectivity index (χ3n) is 3.26. The largest absolute Gasteiger partial charge is 0.464 e. The smallest absolute Gasteiger partial charge is 0.326 e. The molecule has 0 aromatic heterocycles. The number of thioether (sulfide) groups is 1. The predicted molar refractivity (Wildman–Crippen MR) is 94.1 cm³/mol. The zero-order chi connectivity index (χ0) is 17.4. The first-order chi connectivity index (χ1) is 11.6. The lowest BCUT2D eigenvalue weighted by Crippen LogP contribution is -2.34. The van der Waals surface area contributed by atoms with Gasteiger partial charge in [0.25, 0.3) is 11.1 Å². The van der Waals surface area contributed by atoms with Gasteiger partial charge < -0.3 is 4.74 Å². The maximum atomic E-state index is 12.2. The zero-order valence-corrected chi connectivity index (χ0v) is 14.3. The van der Waals surface area contributed by atoms with Crippen molar-refractivity contribution in [3.63, 3.8) is 0 Å². The van der Waals surface area contributed by atoms with Crippen LogP contribution in [0.3, 0.4) is 0 Å². The summed E-state index contributed by atoms with van der Waals surface area (Å²) in [6.45, 7) is 1.95. The van der Waals surface area contributed by atoms with Gasteiger partial charge in [-0.25, -0.2) is 0 Å². The van der Waals surface area contributed by atoms with Crippen molar-refractivity contribution in [1.82, 2.24) is 4.90 Å². The molecule has 24 heavy (non-hydrogen) atoms. The number of amides is 2. The molecule has 5 nitrogen and oxygen atoms in total. The highest BCUT2D eigenvalue weighted by Crippen LogP contribution is 2.30. The number of benzene rings is 1. The third-order valence-corrected chi connectivity index (χ3v) is 4.18. The monoisotopic (exact) mass is 345 g/mol. The molecule has 2 amide bonds. The van der Waals surface area contributed by atoms with Crippen molar-refractivity contribution < 1.29 is 19.1 Å². The summed E-state index contributed by atoms with van der Waals surface area (Å²) < 4.78 is 4.99. The Morgan fingerprint density at radius 1 is 1.25 bits per heavy atom. The Morgan fingerprint density at radius 2 is 2.00 bits per heavy atom. The summed E-state index contributed by atoms with van der Waals surface area (Å²) in [5.41, 5.74) is 0.993. The number of rotatable bonds is 7. The number of unbranched alkanes of at least 4 members (excludes halogenated alkanes) is 1. The van der Waals surface area contributed by atoms with Gasteiger partial charge in [0.1, 0.15) is 6.54 Å². The SMILES string of the molecule is CCCCOC(=O)CN1C(=O)S/C(=C/C=C\c2ccccc2)C1=O. The molecule has 0 saturated carbocycles. The Bertz CT molecular complexity index is 667. The molecule has 126 valence electrons. The molecule has 0 N–H and O–H groups in total. The minimum Gasteiger partial charge on any atom is -0.464 e. The molecule has 1 aromatic carbocycles. The number of imide groups is 1. The van der Waals surface area contributed by atoms with Gasteiger partial charge in [-0.2, -0.15) is 0 Å². The minimum atomic E-state index is -0.563. The van der Waals surface area contributed by atoms with E-state index in [1.807, 2.05) is 43.3 Å². The molecule has 1 aliphatic rings. The third kappa shape index (κ3) is 5.09. The summed E-state index contributed by atoms with van der Waals surface area (Å²) in [7, 11) is 0. The summed E-state index contributed by atoms with van der Waals surface area (Å²) in [6, 6.07) is 9.61. The summed E-state index contributed by atoms with van der Waals surface area (Å²) >= 11 is 0.827. The van der Waals surface area contributed by atoms with Gasteiger partial charge in [0.15, 0.2) is 0 Å². The summed E-state index contributed by atoms with van der Waals surface area (Å²) in [5.74, 6) is -1.03. The summed E-state index contributed by atoms with van der Waals surface area (Å²) in [4.78, 5) is 37.0. The molecule has 0 aliphatic carbocycles. The molecule has 1 aliphatic heterocycles. The van der Waals surface area contributed by atoms with E-state index < -0.39 is 17.1 Å². The number of hydrogen-bond acceptors (Lipinski definition) is 5. The lowest BCUT2D eigenvalue weighted by molar-refractivity contribution is -0.146. The fourth-order valence-electron chi connectivity index (χ4n) is 1.97. The average Bonchev–Trinajstić information content (AvgIpc) is 2.84. The second kappa shape index (κ2) is 9.08. The highest BCUT2D eigenvalue weighted by atomic mass is 32.2. The Morgan fingerprint density at radius 3 is 2.71 bits per heavy atom. The average molecular weight is 345 g/mol. The normalized spacial score (nSPS) is 16.4. The number of carbonyl (C=O) groups excluding carboxylic acids is 3. The molecule has 1 fully saturated rings. The van der Waals surface area contributed by atoms with Crippen molar-refractivity contribution in [2.45, 2.75) is 19.8 Å². The number of carbonyl (C=O) groups is 3. The number of esters is 1. The fraction of sp³-hybridized carbons (Fsp3) is 0.278. The lowest BCUT2D eigenvalue weighted by Gasteiger charge is -2.11. The molecule has 1 saturated heterocycles. The molecule has 0 atom stereocenters. The first-order valence-corrected chi connectivity index (χ1v) is 8.56. The zero-order valence-electron chi connectivity index (χ0n) is 13.4. The molecule has 0 unspecified atom stereocenters. The van der Waals surface area contributed by atoms with Crippen LogP contribution in [0, 0.1) is 0 Å². The Labute approximate surface area is 145 Å². The van der Waals surface area contributed by atoms with Crippen LogP contribution in [-0.4, -0.2) is 35.2 Å². The molecular weight excluding hydrogens is 326 g/mol. The first-order valence-electron chi connectivity index (χ1n) is 7.74. The van der Waals surface area contributed by atoms with Gasteiger partial charge in [-0.3, -0.25) is 19.3 Å². The van der Waals surface area contributed by atoms with Crippen LogP contribution in [0.5, 0.6) is 0 Å². The van der Waals surface area contributed by atoms with E-state index in [0.29, 0.717) is 11.5 Å². The molecule has 2 rings (SSSR count). The van der Waals surface area contributed by atoms with E-state index in [2.05, 4.69) is 0 Å². The van der Waals surface area contributed by atoms with Gasteiger partial charge >= 0.3 is 5.97 Å². The number of allylic oxidation sites excluding steroid dienone is 2. The molecule has 0 bridgehead atoms. The van der Waals surface area contributed by atoms with Crippen LogP contribution in [0.1, 0.15) is 25.3 Å². The molecule has 6 heteroatoms. The standard InChI is InChI=1S/C18H19NO4S/c1-2-3-12-23-16(20)13-19-17(21)15(24-18(19)22)11-7-10-14-8-5-4-6-9-14/h4-11H,2-3,12-13H2,1H3/b10-7-,15-11+. The van der Waals surface area contributed by atoms with Crippen LogP contribution in [-0.2, 0) is 14.3 Å². The van der Waals surface area contributed by atoms with Crippen LogP contribution in [0.25, 0.3) is 6.08 Å². The van der Waals surface area contributed by atoms with Crippen molar-refractivity contribution in [3.05, 3.63) is 53.0 Å². The molecule has 1 aromatic rings. The molecule has 1 heterocycles. The van der Waals surface area contributed by atoms with Crippen LogP contribution in [0.4, 0.5) is 4.79 Å². The van der Waals surface area contributed by atoms with Crippen molar-refractivity contribution in [1.29, 1.82) is 0 Å². The van der Waals surface area contributed by atoms with E-state index in [0.717, 1.165) is 35.1 Å². The van der Waals surface area contributed by atoms with E-state index in [9.17, 15) is 14.4 Å². The molecule has 0 spiro atoms. The molecule has 0 radical (unpaired) electrons. The van der Waals surface area contributed by atoms with E-state index in [4.69, 9.17) is 4.74 Å². The lowest BCUT2D eigenvalue weighted by atomic mass is 10.2. The number of hydrogen-bond donors (Lipinski definition) is 0. The van der Waals surface area contributed by atoms with Gasteiger partial charge in [0, 0.05) is 0 Å². The van der Waals surface area contributed by atoms with Crippen molar-refractivity contribution in [2.24, 2.45) is 0 Å². The fourth-order valence-corrected chi connectivity index (χ4v) is 2.76. The second-order valence-corrected chi connectivity index (χ2v) is 6.13. The first kappa shape index (κ1) is 18.0. The summed E-state index contributed by atoms with van der Waals surface area (Å²) in [6.07, 6.45) is 6.81. The van der Waals surface area contributed by atoms with Gasteiger partial charge in [-0.1, -0.05) is 55.8 Å². The van der Waals surface area contributed by atoms with E-state index in [1.54, 1.807) is 12.2 Å². The quantitative estimate of drug-likeness (QED) is 0.429. The van der Waals surface area contributed by atoms with E-state index >= 15 is 0 Å². The van der Waals surface area contributed by atoms with Gasteiger partial charge in [0.05, 0.1) is 11.5 Å². The minimum absolute atomic E-state index is 0.300. The number of ether oxygens (including phenoxy) is 1. The molecular formula is C18H19NO4S. The maximum Gasteiger partial charge on any atom is 0.326 e. The van der Waals surface area contributed by atoms with E-state index in [-0.39, 0.29) is 6.54 Å². The Balaban J connectivity index is 1.94. The van der Waals surface area contributed by atoms with E-state index in [1.165, 1.54) is 0 Å². The highest BCUT2D eigenvalue weighted by Gasteiger charge is 2.36.